The van der Waals surface area contributed by atoms with Crippen LogP contribution in [0.3, 0.4) is 0 Å². The maximum Gasteiger partial charge on any atom is 0.244 e. The number of hydrogen-bond donors (Lipinski definition) is 1. The first-order chi connectivity index (χ1) is 10.2. The molecule has 2 aromatic rings. The van der Waals surface area contributed by atoms with Crippen LogP contribution in [0.1, 0.15) is 16.7 Å². The summed E-state index contributed by atoms with van der Waals surface area (Å²) in [5.74, 6) is 0.673. The molecule has 3 nitrogen and oxygen atoms in total. The van der Waals surface area contributed by atoms with Crippen molar-refractivity contribution in [1.82, 2.24) is 5.32 Å². The van der Waals surface area contributed by atoms with E-state index in [1.807, 2.05) is 55.5 Å². The molecule has 0 spiro atoms. The van der Waals surface area contributed by atoms with Crippen LogP contribution in [-0.4, -0.2) is 20.1 Å². The predicted octanol–water partition coefficient (Wildman–Crippen LogP) is 3.18. The summed E-state index contributed by atoms with van der Waals surface area (Å²) in [6.45, 7) is 2.04. The minimum atomic E-state index is -0.121. The number of ether oxygens (including phenoxy) is 1. The normalized spacial score (nSPS) is 11.1. The number of hydrogen-bond acceptors (Lipinski definition) is 2. The molecule has 0 aliphatic carbocycles. The summed E-state index contributed by atoms with van der Waals surface area (Å²) in [6, 6.07) is 15.7. The Bertz CT molecular complexity index is 657. The number of carbonyl (C=O) groups excluding carboxylic acids is 1. The van der Waals surface area contributed by atoms with Gasteiger partial charge in [-0.3, -0.25) is 4.79 Å². The number of carbonyl (C=O) groups is 1. The molecular weight excluding hydrogens is 262 g/mol. The molecule has 1 amide bonds. The number of nitrogens with one attached hydrogen (secondary N) is 1. The lowest BCUT2D eigenvalue weighted by Gasteiger charge is -2.12. The summed E-state index contributed by atoms with van der Waals surface area (Å²) in [7, 11) is 3.26. The summed E-state index contributed by atoms with van der Waals surface area (Å²) in [5, 5.41) is 2.64. The van der Waals surface area contributed by atoms with E-state index in [0.717, 1.165) is 28.0 Å². The van der Waals surface area contributed by atoms with E-state index in [1.165, 1.54) is 0 Å². The maximum absolute atomic E-state index is 11.8. The number of likely N-dealkylation sites (N-methyl/N-ethyl adjacent to an activating group) is 1. The Balaban J connectivity index is 2.53. The molecule has 0 saturated heterocycles. The van der Waals surface area contributed by atoms with Crippen LogP contribution in [0.5, 0.6) is 5.75 Å². The van der Waals surface area contributed by atoms with Crippen LogP contribution in [0.25, 0.3) is 5.57 Å². The molecule has 3 heteroatoms. The Morgan fingerprint density at radius 1 is 1.10 bits per heavy atom. The van der Waals surface area contributed by atoms with Gasteiger partial charge >= 0.3 is 0 Å². The summed E-state index contributed by atoms with van der Waals surface area (Å²) in [6.07, 6.45) is 1.63. The van der Waals surface area contributed by atoms with Crippen molar-refractivity contribution in [2.45, 2.75) is 6.92 Å². The van der Waals surface area contributed by atoms with Gasteiger partial charge in [-0.15, -0.1) is 0 Å². The number of amides is 1. The lowest BCUT2D eigenvalue weighted by atomic mass is 9.94. The number of methoxy groups -OCH3 is 1. The van der Waals surface area contributed by atoms with Crippen molar-refractivity contribution in [3.8, 4) is 5.75 Å². The molecule has 0 saturated carbocycles. The Labute approximate surface area is 125 Å². The summed E-state index contributed by atoms with van der Waals surface area (Å²) >= 11 is 0. The lowest BCUT2D eigenvalue weighted by molar-refractivity contribution is -0.116. The third kappa shape index (κ3) is 3.51. The van der Waals surface area contributed by atoms with E-state index >= 15 is 0 Å². The Morgan fingerprint density at radius 3 is 2.33 bits per heavy atom. The van der Waals surface area contributed by atoms with Gasteiger partial charge in [-0.05, 0) is 41.3 Å². The molecule has 0 aliphatic heterocycles. The summed E-state index contributed by atoms with van der Waals surface area (Å²) < 4.78 is 5.18. The maximum atomic E-state index is 11.8. The van der Waals surface area contributed by atoms with Crippen molar-refractivity contribution >= 4 is 11.5 Å². The topological polar surface area (TPSA) is 38.3 Å². The van der Waals surface area contributed by atoms with Crippen LogP contribution in [0.2, 0.25) is 0 Å². The molecule has 0 aromatic heterocycles. The van der Waals surface area contributed by atoms with E-state index < -0.39 is 0 Å². The van der Waals surface area contributed by atoms with Gasteiger partial charge in [0.05, 0.1) is 7.11 Å². The van der Waals surface area contributed by atoms with Gasteiger partial charge in [0, 0.05) is 13.1 Å². The highest BCUT2D eigenvalue weighted by atomic mass is 16.5. The third-order valence-electron chi connectivity index (χ3n) is 3.36. The Kier molecular flexibility index (Phi) is 4.77. The van der Waals surface area contributed by atoms with Gasteiger partial charge in [0.25, 0.3) is 0 Å². The molecule has 2 aromatic carbocycles. The second-order valence-corrected chi connectivity index (χ2v) is 4.72. The average molecular weight is 281 g/mol. The quantitative estimate of drug-likeness (QED) is 0.874. The van der Waals surface area contributed by atoms with Crippen LogP contribution in [0.4, 0.5) is 0 Å². The second kappa shape index (κ2) is 6.75. The van der Waals surface area contributed by atoms with E-state index in [-0.39, 0.29) is 5.91 Å². The van der Waals surface area contributed by atoms with Crippen LogP contribution in [0, 0.1) is 6.92 Å². The monoisotopic (exact) mass is 281 g/mol. The fourth-order valence-corrected chi connectivity index (χ4v) is 2.17. The fourth-order valence-electron chi connectivity index (χ4n) is 2.17. The van der Waals surface area contributed by atoms with Crippen LogP contribution in [-0.2, 0) is 4.79 Å². The van der Waals surface area contributed by atoms with E-state index in [2.05, 4.69) is 5.32 Å². The van der Waals surface area contributed by atoms with Gasteiger partial charge in [-0.1, -0.05) is 36.4 Å². The largest absolute Gasteiger partial charge is 0.497 e. The van der Waals surface area contributed by atoms with Crippen molar-refractivity contribution in [2.75, 3.05) is 14.2 Å². The zero-order valence-electron chi connectivity index (χ0n) is 12.5. The summed E-state index contributed by atoms with van der Waals surface area (Å²) in [5.41, 5.74) is 4.05. The Morgan fingerprint density at radius 2 is 1.76 bits per heavy atom. The van der Waals surface area contributed by atoms with Crippen molar-refractivity contribution in [1.29, 1.82) is 0 Å². The SMILES string of the molecule is CNC(=O)C=C(c1ccc(OC)cc1)c1ccccc1C. The fraction of sp³-hybridized carbons (Fsp3) is 0.167. The highest BCUT2D eigenvalue weighted by Crippen LogP contribution is 2.27. The van der Waals surface area contributed by atoms with Gasteiger partial charge in [0.1, 0.15) is 5.75 Å². The summed E-state index contributed by atoms with van der Waals surface area (Å²) in [4.78, 5) is 11.8. The lowest BCUT2D eigenvalue weighted by Crippen LogP contribution is -2.15. The standard InChI is InChI=1S/C18H19NO2/c1-13-6-4-5-7-16(13)17(12-18(20)19-2)14-8-10-15(21-3)11-9-14/h4-12H,1-3H3,(H,19,20). The van der Waals surface area contributed by atoms with Crippen molar-refractivity contribution < 1.29 is 9.53 Å². The zero-order chi connectivity index (χ0) is 15.2. The van der Waals surface area contributed by atoms with Crippen molar-refractivity contribution in [3.05, 3.63) is 71.3 Å². The molecule has 21 heavy (non-hydrogen) atoms. The highest BCUT2D eigenvalue weighted by molar-refractivity contribution is 5.99. The van der Waals surface area contributed by atoms with Crippen molar-refractivity contribution in [3.63, 3.8) is 0 Å². The molecule has 0 fully saturated rings. The van der Waals surface area contributed by atoms with Crippen LogP contribution < -0.4 is 10.1 Å². The van der Waals surface area contributed by atoms with E-state index in [9.17, 15) is 4.79 Å². The molecule has 0 unspecified atom stereocenters. The molecule has 0 aliphatic rings. The van der Waals surface area contributed by atoms with Gasteiger partial charge in [-0.25, -0.2) is 0 Å². The molecule has 108 valence electrons. The van der Waals surface area contributed by atoms with E-state index in [1.54, 1.807) is 20.2 Å². The van der Waals surface area contributed by atoms with Gasteiger partial charge in [0.15, 0.2) is 0 Å². The molecule has 0 radical (unpaired) electrons. The minimum Gasteiger partial charge on any atom is -0.497 e. The predicted molar refractivity (Wildman–Crippen MR) is 85.3 cm³/mol. The van der Waals surface area contributed by atoms with E-state index in [0.29, 0.717) is 0 Å². The van der Waals surface area contributed by atoms with Crippen LogP contribution in [0.15, 0.2) is 54.6 Å². The first-order valence-corrected chi connectivity index (χ1v) is 6.79. The molecule has 0 atom stereocenters. The molecular formula is C18H19NO2. The van der Waals surface area contributed by atoms with Gasteiger partial charge in [0.2, 0.25) is 5.91 Å². The molecule has 0 bridgehead atoms. The molecule has 2 rings (SSSR count). The molecule has 1 N–H and O–H groups in total. The van der Waals surface area contributed by atoms with Gasteiger partial charge in [-0.2, -0.15) is 0 Å². The first kappa shape index (κ1) is 14.9. The second-order valence-electron chi connectivity index (χ2n) is 4.72. The Hall–Kier alpha value is -2.55. The average Bonchev–Trinajstić information content (AvgIpc) is 2.53. The number of rotatable bonds is 4. The number of benzene rings is 2. The smallest absolute Gasteiger partial charge is 0.244 e. The van der Waals surface area contributed by atoms with Crippen LogP contribution >= 0.6 is 0 Å². The number of aryl methyl sites for hydroxylation is 1. The first-order valence-electron chi connectivity index (χ1n) is 6.79. The minimum absolute atomic E-state index is 0.121. The third-order valence-corrected chi connectivity index (χ3v) is 3.36. The zero-order valence-corrected chi connectivity index (χ0v) is 12.5. The highest BCUT2D eigenvalue weighted by Gasteiger charge is 2.09. The molecule has 0 heterocycles. The van der Waals surface area contributed by atoms with Gasteiger partial charge < -0.3 is 10.1 Å². The van der Waals surface area contributed by atoms with E-state index in [4.69, 9.17) is 4.74 Å². The van der Waals surface area contributed by atoms with Crippen molar-refractivity contribution in [2.24, 2.45) is 0 Å².